The quantitative estimate of drug-likeness (QED) is 0.755. The van der Waals surface area contributed by atoms with Gasteiger partial charge in [0.15, 0.2) is 0 Å². The second-order valence-corrected chi connectivity index (χ2v) is 6.78. The minimum atomic E-state index is -0.211. The van der Waals surface area contributed by atoms with Gasteiger partial charge in [0.25, 0.3) is 0 Å². The zero-order chi connectivity index (χ0) is 17.8. The first-order valence-corrected chi connectivity index (χ1v) is 8.91. The van der Waals surface area contributed by atoms with Gasteiger partial charge >= 0.3 is 0 Å². The molecular formula is C21H25FN2O. The summed E-state index contributed by atoms with van der Waals surface area (Å²) >= 11 is 0. The lowest BCUT2D eigenvalue weighted by atomic mass is 9.88. The maximum Gasteiger partial charge on any atom is 0.226 e. The van der Waals surface area contributed by atoms with Crippen molar-refractivity contribution in [2.24, 2.45) is 5.92 Å². The zero-order valence-electron chi connectivity index (χ0n) is 14.5. The van der Waals surface area contributed by atoms with Crippen molar-refractivity contribution in [1.29, 1.82) is 0 Å². The molecule has 2 heterocycles. The Morgan fingerprint density at radius 2 is 1.96 bits per heavy atom. The Balaban J connectivity index is 1.68. The third kappa shape index (κ3) is 3.68. The molecule has 1 N–H and O–H groups in total. The molecule has 25 heavy (non-hydrogen) atoms. The summed E-state index contributed by atoms with van der Waals surface area (Å²) in [6, 6.07) is 4.86. The first-order valence-electron chi connectivity index (χ1n) is 8.91. The Morgan fingerprint density at radius 3 is 2.60 bits per heavy atom. The topological polar surface area (TPSA) is 36.1 Å². The van der Waals surface area contributed by atoms with Crippen LogP contribution in [0.3, 0.4) is 0 Å². The van der Waals surface area contributed by atoms with E-state index in [1.165, 1.54) is 6.07 Å². The Kier molecular flexibility index (Phi) is 5.37. The number of likely N-dealkylation sites (tertiary alicyclic amines) is 1. The van der Waals surface area contributed by atoms with Crippen LogP contribution in [0.2, 0.25) is 0 Å². The van der Waals surface area contributed by atoms with Crippen LogP contribution in [0, 0.1) is 11.7 Å². The first-order chi connectivity index (χ1) is 12.1. The molecule has 0 unspecified atom stereocenters. The Hall–Kier alpha value is -2.36. The first kappa shape index (κ1) is 17.5. The Bertz CT molecular complexity index is 761. The Morgan fingerprint density at radius 1 is 1.28 bits per heavy atom. The largest absolute Gasteiger partial charge is 0.361 e. The van der Waals surface area contributed by atoms with Gasteiger partial charge in [0.2, 0.25) is 5.91 Å². The van der Waals surface area contributed by atoms with E-state index in [1.807, 2.05) is 11.1 Å². The molecule has 1 aliphatic rings. The molecule has 0 radical (unpaired) electrons. The summed E-state index contributed by atoms with van der Waals surface area (Å²) < 4.78 is 13.6. The van der Waals surface area contributed by atoms with Crippen molar-refractivity contribution in [2.45, 2.75) is 31.6 Å². The number of carbonyl (C=O) groups is 1. The van der Waals surface area contributed by atoms with Gasteiger partial charge in [0, 0.05) is 36.1 Å². The van der Waals surface area contributed by atoms with Crippen molar-refractivity contribution >= 4 is 16.8 Å². The molecule has 1 saturated heterocycles. The number of hydrogen-bond donors (Lipinski definition) is 1. The van der Waals surface area contributed by atoms with E-state index in [0.29, 0.717) is 18.8 Å². The van der Waals surface area contributed by atoms with Gasteiger partial charge in [-0.25, -0.2) is 4.39 Å². The lowest BCUT2D eigenvalue weighted by Crippen LogP contribution is -2.41. The highest BCUT2D eigenvalue weighted by molar-refractivity contribution is 5.84. The molecule has 132 valence electrons. The second-order valence-electron chi connectivity index (χ2n) is 6.78. The molecule has 4 heteroatoms. The van der Waals surface area contributed by atoms with E-state index < -0.39 is 0 Å². The van der Waals surface area contributed by atoms with Crippen molar-refractivity contribution in [1.82, 2.24) is 9.88 Å². The van der Waals surface area contributed by atoms with Crippen LogP contribution in [0.25, 0.3) is 10.9 Å². The van der Waals surface area contributed by atoms with E-state index in [2.05, 4.69) is 18.1 Å². The Labute approximate surface area is 148 Å². The van der Waals surface area contributed by atoms with Crippen molar-refractivity contribution in [3.05, 3.63) is 61.1 Å². The van der Waals surface area contributed by atoms with Gasteiger partial charge in [-0.2, -0.15) is 0 Å². The minimum absolute atomic E-state index is 0.0475. The van der Waals surface area contributed by atoms with Crippen LogP contribution in [0.5, 0.6) is 0 Å². The average Bonchev–Trinajstić information content (AvgIpc) is 3.04. The molecule has 0 atom stereocenters. The predicted molar refractivity (Wildman–Crippen MR) is 99.9 cm³/mol. The fourth-order valence-corrected chi connectivity index (χ4v) is 3.82. The third-order valence-electron chi connectivity index (χ3n) is 5.17. The van der Waals surface area contributed by atoms with Gasteiger partial charge in [-0.1, -0.05) is 12.2 Å². The zero-order valence-corrected chi connectivity index (χ0v) is 14.5. The van der Waals surface area contributed by atoms with Crippen LogP contribution in [0.15, 0.2) is 49.7 Å². The fraction of sp³-hybridized carbons (Fsp3) is 0.381. The summed E-state index contributed by atoms with van der Waals surface area (Å²) in [4.78, 5) is 17.9. The maximum absolute atomic E-state index is 13.6. The van der Waals surface area contributed by atoms with Gasteiger partial charge in [-0.3, -0.25) is 4.79 Å². The van der Waals surface area contributed by atoms with Crippen LogP contribution in [-0.4, -0.2) is 28.9 Å². The molecule has 1 aromatic heterocycles. The number of rotatable bonds is 6. The van der Waals surface area contributed by atoms with Crippen LogP contribution in [0.4, 0.5) is 4.39 Å². The molecule has 2 aromatic rings. The van der Waals surface area contributed by atoms with Gasteiger partial charge in [-0.15, -0.1) is 13.2 Å². The van der Waals surface area contributed by atoms with Crippen molar-refractivity contribution in [3.63, 3.8) is 0 Å². The number of nitrogens with one attached hydrogen (secondary N) is 1. The van der Waals surface area contributed by atoms with E-state index in [9.17, 15) is 9.18 Å². The molecule has 3 rings (SSSR count). The number of nitrogens with zero attached hydrogens (tertiary/aromatic N) is 1. The summed E-state index contributed by atoms with van der Waals surface area (Å²) in [5, 5.41) is 0.959. The van der Waals surface area contributed by atoms with Crippen LogP contribution in [-0.2, 0) is 4.79 Å². The molecule has 0 aliphatic carbocycles. The van der Waals surface area contributed by atoms with Gasteiger partial charge < -0.3 is 9.88 Å². The molecule has 0 spiro atoms. The highest BCUT2D eigenvalue weighted by atomic mass is 19.1. The monoisotopic (exact) mass is 340 g/mol. The molecule has 1 aliphatic heterocycles. The van der Waals surface area contributed by atoms with Crippen LogP contribution >= 0.6 is 0 Å². The molecule has 1 amide bonds. The molecule has 1 aromatic carbocycles. The predicted octanol–water partition coefficient (Wildman–Crippen LogP) is 4.78. The van der Waals surface area contributed by atoms with Crippen molar-refractivity contribution < 1.29 is 9.18 Å². The average molecular weight is 340 g/mol. The molecule has 3 nitrogen and oxygen atoms in total. The van der Waals surface area contributed by atoms with Gasteiger partial charge in [0.05, 0.1) is 0 Å². The lowest BCUT2D eigenvalue weighted by molar-refractivity contribution is -0.136. The number of aromatic nitrogens is 1. The van der Waals surface area contributed by atoms with E-state index in [1.54, 1.807) is 24.3 Å². The molecule has 0 bridgehead atoms. The SMILES string of the molecule is C=CCC(CC=C)C(=O)N1CCC(c2c[nH]c3ccc(F)cc23)CC1. The highest BCUT2D eigenvalue weighted by Gasteiger charge is 2.28. The standard InChI is InChI=1S/C21H25FN2O/c1-3-5-16(6-4-2)21(25)24-11-9-15(10-12-24)19-14-23-20-8-7-17(22)13-18(19)20/h3-4,7-8,13-16,23H,1-2,5-6,9-12H2. The fourth-order valence-electron chi connectivity index (χ4n) is 3.82. The number of H-pyrrole nitrogens is 1. The number of amides is 1. The molecular weight excluding hydrogens is 315 g/mol. The number of allylic oxidation sites excluding steroid dienone is 2. The van der Waals surface area contributed by atoms with Crippen molar-refractivity contribution in [2.75, 3.05) is 13.1 Å². The summed E-state index contributed by atoms with van der Waals surface area (Å²) in [5.41, 5.74) is 2.13. The van der Waals surface area contributed by atoms with Crippen LogP contribution < -0.4 is 0 Å². The number of piperidine rings is 1. The normalized spacial score (nSPS) is 15.7. The van der Waals surface area contributed by atoms with Gasteiger partial charge in [-0.05, 0) is 55.4 Å². The number of hydrogen-bond acceptors (Lipinski definition) is 1. The van der Waals surface area contributed by atoms with Crippen molar-refractivity contribution in [3.8, 4) is 0 Å². The number of carbonyl (C=O) groups excluding carboxylic acids is 1. The van der Waals surface area contributed by atoms with Crippen LogP contribution in [0.1, 0.15) is 37.2 Å². The lowest BCUT2D eigenvalue weighted by Gasteiger charge is -2.34. The smallest absolute Gasteiger partial charge is 0.226 e. The number of aromatic amines is 1. The second kappa shape index (κ2) is 7.68. The molecule has 0 saturated carbocycles. The number of halogens is 1. The van der Waals surface area contributed by atoms with E-state index in [0.717, 1.165) is 42.4 Å². The minimum Gasteiger partial charge on any atom is -0.361 e. The summed E-state index contributed by atoms with van der Waals surface area (Å²) in [5.74, 6) is 0.298. The highest BCUT2D eigenvalue weighted by Crippen LogP contribution is 2.34. The number of benzene rings is 1. The van der Waals surface area contributed by atoms with E-state index in [4.69, 9.17) is 0 Å². The van der Waals surface area contributed by atoms with E-state index >= 15 is 0 Å². The summed E-state index contributed by atoms with van der Waals surface area (Å²) in [7, 11) is 0. The van der Waals surface area contributed by atoms with Gasteiger partial charge in [0.1, 0.15) is 5.82 Å². The maximum atomic E-state index is 13.6. The summed E-state index contributed by atoms with van der Waals surface area (Å²) in [6.45, 7) is 9.00. The van der Waals surface area contributed by atoms with E-state index in [-0.39, 0.29) is 17.6 Å². The number of fused-ring (bicyclic) bond motifs is 1. The third-order valence-corrected chi connectivity index (χ3v) is 5.17. The molecule has 1 fully saturated rings. The summed E-state index contributed by atoms with van der Waals surface area (Å²) in [6.07, 6.45) is 8.79.